The van der Waals surface area contributed by atoms with Crippen LogP contribution in [0.3, 0.4) is 0 Å². The van der Waals surface area contributed by atoms with Crippen LogP contribution in [0.5, 0.6) is 11.5 Å². The molecule has 1 unspecified atom stereocenters. The van der Waals surface area contributed by atoms with Crippen LogP contribution in [0.4, 0.5) is 4.79 Å². The van der Waals surface area contributed by atoms with Crippen LogP contribution in [0.1, 0.15) is 32.8 Å². The van der Waals surface area contributed by atoms with Crippen molar-refractivity contribution in [1.29, 1.82) is 0 Å². The van der Waals surface area contributed by atoms with Crippen molar-refractivity contribution in [3.63, 3.8) is 0 Å². The van der Waals surface area contributed by atoms with Gasteiger partial charge in [0.05, 0.1) is 26.8 Å². The SMILES string of the molecule is COc1ccc(OC)c(CCCNC2=NCC3CN(C(=O)OC(C)(C)C)CCN23)c1. The number of piperazine rings is 1. The highest BCUT2D eigenvalue weighted by molar-refractivity contribution is 5.82. The quantitative estimate of drug-likeness (QED) is 0.716. The summed E-state index contributed by atoms with van der Waals surface area (Å²) in [7, 11) is 3.36. The summed E-state index contributed by atoms with van der Waals surface area (Å²) in [6, 6.07) is 6.09. The molecule has 1 aromatic carbocycles. The van der Waals surface area contributed by atoms with Crippen LogP contribution >= 0.6 is 0 Å². The lowest BCUT2D eigenvalue weighted by Crippen LogP contribution is -2.57. The normalized spacial score (nSPS) is 18.6. The largest absolute Gasteiger partial charge is 0.497 e. The van der Waals surface area contributed by atoms with E-state index in [9.17, 15) is 4.79 Å². The molecular formula is C22H34N4O4. The molecule has 1 atom stereocenters. The number of amides is 1. The second-order valence-corrected chi connectivity index (χ2v) is 8.65. The number of benzene rings is 1. The molecule has 166 valence electrons. The first kappa shape index (κ1) is 22.1. The van der Waals surface area contributed by atoms with E-state index in [1.54, 1.807) is 19.1 Å². The van der Waals surface area contributed by atoms with Crippen molar-refractivity contribution in [2.45, 2.75) is 45.3 Å². The number of nitrogens with zero attached hydrogens (tertiary/aromatic N) is 3. The minimum Gasteiger partial charge on any atom is -0.497 e. The van der Waals surface area contributed by atoms with Gasteiger partial charge in [0.1, 0.15) is 17.1 Å². The van der Waals surface area contributed by atoms with Crippen molar-refractivity contribution in [1.82, 2.24) is 15.1 Å². The fourth-order valence-electron chi connectivity index (χ4n) is 3.78. The summed E-state index contributed by atoms with van der Waals surface area (Å²) in [5.74, 6) is 2.65. The lowest BCUT2D eigenvalue weighted by molar-refractivity contribution is 0.0137. The van der Waals surface area contributed by atoms with Gasteiger partial charge in [-0.2, -0.15) is 0 Å². The van der Waals surface area contributed by atoms with Crippen molar-refractivity contribution < 1.29 is 19.0 Å². The molecule has 3 rings (SSSR count). The molecule has 2 aliphatic heterocycles. The monoisotopic (exact) mass is 418 g/mol. The van der Waals surface area contributed by atoms with Crippen LogP contribution < -0.4 is 14.8 Å². The van der Waals surface area contributed by atoms with Crippen LogP contribution in [0, 0.1) is 0 Å². The molecule has 8 nitrogen and oxygen atoms in total. The Bertz CT molecular complexity index is 775. The predicted molar refractivity (Wildman–Crippen MR) is 116 cm³/mol. The zero-order chi connectivity index (χ0) is 21.7. The van der Waals surface area contributed by atoms with E-state index in [-0.39, 0.29) is 12.1 Å². The zero-order valence-electron chi connectivity index (χ0n) is 18.7. The van der Waals surface area contributed by atoms with Gasteiger partial charge in [0, 0.05) is 26.2 Å². The van der Waals surface area contributed by atoms with E-state index < -0.39 is 5.60 Å². The van der Waals surface area contributed by atoms with Crippen molar-refractivity contribution in [3.05, 3.63) is 23.8 Å². The molecule has 0 bridgehead atoms. The Kier molecular flexibility index (Phi) is 6.95. The number of guanidine groups is 1. The van der Waals surface area contributed by atoms with E-state index in [4.69, 9.17) is 14.2 Å². The minimum atomic E-state index is -0.474. The Morgan fingerprint density at radius 3 is 2.73 bits per heavy atom. The number of fused-ring (bicyclic) bond motifs is 1. The number of aliphatic imine (C=N–C) groups is 1. The average molecular weight is 419 g/mol. The molecule has 2 aliphatic rings. The lowest BCUT2D eigenvalue weighted by atomic mass is 10.1. The Morgan fingerprint density at radius 2 is 2.03 bits per heavy atom. The maximum atomic E-state index is 12.3. The number of rotatable bonds is 6. The first-order valence-electron chi connectivity index (χ1n) is 10.5. The van der Waals surface area contributed by atoms with E-state index >= 15 is 0 Å². The van der Waals surface area contributed by atoms with Gasteiger partial charge in [0.25, 0.3) is 0 Å². The van der Waals surface area contributed by atoms with Gasteiger partial charge in [0.2, 0.25) is 0 Å². The van der Waals surface area contributed by atoms with Crippen LogP contribution in [0.15, 0.2) is 23.2 Å². The van der Waals surface area contributed by atoms with Gasteiger partial charge in [0.15, 0.2) is 5.96 Å². The van der Waals surface area contributed by atoms with Gasteiger partial charge in [-0.15, -0.1) is 0 Å². The number of carbonyl (C=O) groups is 1. The summed E-state index contributed by atoms with van der Waals surface area (Å²) in [5.41, 5.74) is 0.661. The van der Waals surface area contributed by atoms with Crippen molar-refractivity contribution >= 4 is 12.1 Å². The third-order valence-corrected chi connectivity index (χ3v) is 5.25. The minimum absolute atomic E-state index is 0.215. The van der Waals surface area contributed by atoms with E-state index in [0.29, 0.717) is 19.6 Å². The third-order valence-electron chi connectivity index (χ3n) is 5.25. The van der Waals surface area contributed by atoms with Crippen LogP contribution in [-0.2, 0) is 11.2 Å². The lowest BCUT2D eigenvalue weighted by Gasteiger charge is -2.39. The third kappa shape index (κ3) is 5.49. The molecule has 1 aromatic rings. The first-order chi connectivity index (χ1) is 14.3. The molecule has 0 aliphatic carbocycles. The average Bonchev–Trinajstić information content (AvgIpc) is 3.12. The smallest absolute Gasteiger partial charge is 0.410 e. The molecule has 2 heterocycles. The number of hydrogen-bond acceptors (Lipinski definition) is 7. The number of carbonyl (C=O) groups excluding carboxylic acids is 1. The van der Waals surface area contributed by atoms with Gasteiger partial charge in [-0.05, 0) is 57.4 Å². The molecule has 1 saturated heterocycles. The zero-order valence-corrected chi connectivity index (χ0v) is 18.7. The summed E-state index contributed by atoms with van der Waals surface area (Å²) < 4.78 is 16.3. The van der Waals surface area contributed by atoms with Gasteiger partial charge in [-0.3, -0.25) is 4.99 Å². The van der Waals surface area contributed by atoms with Gasteiger partial charge < -0.3 is 29.3 Å². The van der Waals surface area contributed by atoms with Crippen molar-refractivity contribution in [2.24, 2.45) is 4.99 Å². The fraction of sp³-hybridized carbons (Fsp3) is 0.636. The maximum absolute atomic E-state index is 12.3. The Balaban J connectivity index is 1.45. The van der Waals surface area contributed by atoms with E-state index in [1.807, 2.05) is 39.0 Å². The standard InChI is InChI=1S/C22H34N4O4/c1-22(2,3)30-21(27)25-11-12-26-17(15-25)14-24-20(26)23-10-6-7-16-13-18(28-4)8-9-19(16)29-5/h8-9,13,17H,6-7,10-12,14-15H2,1-5H3,(H,23,24). The number of hydrogen-bond donors (Lipinski definition) is 1. The molecule has 1 amide bonds. The van der Waals surface area contributed by atoms with Gasteiger partial charge in [-0.25, -0.2) is 4.79 Å². The van der Waals surface area contributed by atoms with Crippen LogP contribution in [-0.4, -0.2) is 80.4 Å². The van der Waals surface area contributed by atoms with Gasteiger partial charge in [-0.1, -0.05) is 0 Å². The van der Waals surface area contributed by atoms with Crippen LogP contribution in [0.25, 0.3) is 0 Å². The summed E-state index contributed by atoms with van der Waals surface area (Å²) in [4.78, 5) is 21.1. The first-order valence-corrected chi connectivity index (χ1v) is 10.5. The molecule has 1 fully saturated rings. The molecule has 8 heteroatoms. The Labute approximate surface area is 179 Å². The van der Waals surface area contributed by atoms with Gasteiger partial charge >= 0.3 is 6.09 Å². The summed E-state index contributed by atoms with van der Waals surface area (Å²) >= 11 is 0. The molecule has 1 N–H and O–H groups in total. The molecule has 0 radical (unpaired) electrons. The summed E-state index contributed by atoms with van der Waals surface area (Å²) in [6.07, 6.45) is 1.59. The number of aryl methyl sites for hydroxylation is 1. The second-order valence-electron chi connectivity index (χ2n) is 8.65. The number of nitrogens with one attached hydrogen (secondary N) is 1. The predicted octanol–water partition coefficient (Wildman–Crippen LogP) is 2.52. The molecule has 0 aromatic heterocycles. The van der Waals surface area contributed by atoms with Crippen molar-refractivity contribution in [2.75, 3.05) is 46.9 Å². The molecule has 30 heavy (non-hydrogen) atoms. The highest BCUT2D eigenvalue weighted by Gasteiger charge is 2.36. The van der Waals surface area contributed by atoms with Crippen LogP contribution in [0.2, 0.25) is 0 Å². The topological polar surface area (TPSA) is 75.6 Å². The number of ether oxygens (including phenoxy) is 3. The van der Waals surface area contributed by atoms with E-state index in [2.05, 4.69) is 15.2 Å². The highest BCUT2D eigenvalue weighted by atomic mass is 16.6. The second kappa shape index (κ2) is 9.45. The van der Waals surface area contributed by atoms with E-state index in [0.717, 1.165) is 49.0 Å². The number of methoxy groups -OCH3 is 2. The summed E-state index contributed by atoms with van der Waals surface area (Å²) in [5, 5.41) is 3.47. The molecule has 0 saturated carbocycles. The molecule has 0 spiro atoms. The fourth-order valence-corrected chi connectivity index (χ4v) is 3.78. The Hall–Kier alpha value is -2.64. The molecular weight excluding hydrogens is 384 g/mol. The van der Waals surface area contributed by atoms with E-state index in [1.165, 1.54) is 0 Å². The maximum Gasteiger partial charge on any atom is 0.410 e. The van der Waals surface area contributed by atoms with Crippen molar-refractivity contribution in [3.8, 4) is 11.5 Å². The Morgan fingerprint density at radius 1 is 1.23 bits per heavy atom. The highest BCUT2D eigenvalue weighted by Crippen LogP contribution is 2.25. The summed E-state index contributed by atoms with van der Waals surface area (Å²) in [6.45, 7) is 9.25.